The molecular formula is C25H22ClF4N5OS. The molecule has 0 saturated carbocycles. The highest BCUT2D eigenvalue weighted by molar-refractivity contribution is 8.18. The lowest BCUT2D eigenvalue weighted by Crippen LogP contribution is -2.50. The molecule has 37 heavy (non-hydrogen) atoms. The van der Waals surface area contributed by atoms with Gasteiger partial charge in [-0.25, -0.2) is 4.39 Å². The van der Waals surface area contributed by atoms with Crippen LogP contribution >= 0.6 is 23.4 Å². The van der Waals surface area contributed by atoms with E-state index in [0.717, 1.165) is 11.6 Å². The second kappa shape index (κ2) is 10.1. The van der Waals surface area contributed by atoms with E-state index >= 15 is 0 Å². The molecule has 0 bridgehead atoms. The molecule has 1 unspecified atom stereocenters. The lowest BCUT2D eigenvalue weighted by molar-refractivity contribution is -0.138. The summed E-state index contributed by atoms with van der Waals surface area (Å²) < 4.78 is 56.3. The molecule has 0 spiro atoms. The number of benzene rings is 2. The number of thioether (sulfide) groups is 1. The Labute approximate surface area is 219 Å². The van der Waals surface area contributed by atoms with E-state index in [-0.39, 0.29) is 29.7 Å². The van der Waals surface area contributed by atoms with E-state index in [9.17, 15) is 22.4 Å². The van der Waals surface area contributed by atoms with Crippen molar-refractivity contribution in [2.45, 2.75) is 31.4 Å². The van der Waals surface area contributed by atoms with Gasteiger partial charge in [0.05, 0.1) is 34.8 Å². The topological polar surface area (TPSA) is 62.5 Å². The van der Waals surface area contributed by atoms with Crippen molar-refractivity contribution in [3.05, 3.63) is 69.2 Å². The molecule has 2 aromatic carbocycles. The predicted octanol–water partition coefficient (Wildman–Crippen LogP) is 5.36. The van der Waals surface area contributed by atoms with E-state index in [1.54, 1.807) is 42.4 Å². The van der Waals surface area contributed by atoms with Gasteiger partial charge in [-0.2, -0.15) is 23.3 Å². The maximum atomic E-state index is 14.3. The van der Waals surface area contributed by atoms with E-state index in [1.807, 2.05) is 0 Å². The van der Waals surface area contributed by atoms with Crippen molar-refractivity contribution >= 4 is 51.4 Å². The number of aromatic nitrogens is 2. The number of amides is 1. The van der Waals surface area contributed by atoms with Gasteiger partial charge in [-0.05, 0) is 66.2 Å². The van der Waals surface area contributed by atoms with Crippen LogP contribution in [-0.4, -0.2) is 58.1 Å². The number of carbonyl (C=O) groups excluding carboxylic acids is 1. The van der Waals surface area contributed by atoms with Crippen LogP contribution in [0.3, 0.4) is 0 Å². The molecule has 6 nitrogen and oxygen atoms in total. The minimum Gasteiger partial charge on any atom is -0.348 e. The average molecular weight is 552 g/mol. The fraction of sp³-hybridized carbons (Fsp3) is 0.320. The lowest BCUT2D eigenvalue weighted by atomic mass is 10.0. The number of fused-ring (bicyclic) bond motifs is 1. The minimum atomic E-state index is -4.54. The van der Waals surface area contributed by atoms with Crippen molar-refractivity contribution < 1.29 is 22.4 Å². The largest absolute Gasteiger partial charge is 0.416 e. The molecule has 5 rings (SSSR count). The van der Waals surface area contributed by atoms with Crippen molar-refractivity contribution in [3.63, 3.8) is 0 Å². The molecule has 3 aromatic rings. The molecule has 1 fully saturated rings. The van der Waals surface area contributed by atoms with Crippen molar-refractivity contribution in [2.24, 2.45) is 4.99 Å². The Kier molecular flexibility index (Phi) is 7.03. The maximum absolute atomic E-state index is 14.3. The molecule has 0 aliphatic carbocycles. The first-order valence-corrected chi connectivity index (χ1v) is 12.7. The fourth-order valence-electron chi connectivity index (χ4n) is 4.52. The second-order valence-corrected chi connectivity index (χ2v) is 10.4. The van der Waals surface area contributed by atoms with Crippen molar-refractivity contribution in [2.75, 3.05) is 20.1 Å². The molecule has 12 heteroatoms. The van der Waals surface area contributed by atoms with Crippen LogP contribution in [0.1, 0.15) is 23.1 Å². The summed E-state index contributed by atoms with van der Waals surface area (Å²) >= 11 is 6.98. The van der Waals surface area contributed by atoms with E-state index in [0.29, 0.717) is 33.9 Å². The first-order valence-electron chi connectivity index (χ1n) is 11.5. The van der Waals surface area contributed by atoms with Crippen LogP contribution in [0.25, 0.3) is 17.0 Å². The molecule has 1 saturated heterocycles. The summed E-state index contributed by atoms with van der Waals surface area (Å²) in [5.41, 5.74) is 0.618. The smallest absolute Gasteiger partial charge is 0.348 e. The fourth-order valence-corrected chi connectivity index (χ4v) is 5.62. The van der Waals surface area contributed by atoms with Crippen molar-refractivity contribution in [1.82, 2.24) is 20.0 Å². The molecule has 1 N–H and O–H groups in total. The highest BCUT2D eigenvalue weighted by Crippen LogP contribution is 2.35. The first kappa shape index (κ1) is 25.7. The standard InChI is InChI=1S/C25H22ClF4N5OS/c1-34(21-6-7-31-12-19(21)27)24-33-23(36)22(37-24)9-14-2-5-20-16(8-14)11-32-35(20)13-15-3-4-17(26)10-18(15)25(28,29)30/h2-5,8-11,19,21,31H,6-7,12-13H2,1H3/b22-9-/t19-,21?/m1/s1. The SMILES string of the molecule is CN(C1=NC(=O)/C(=C/c2ccc3c(cnn3Cc3ccc(Cl)cc3C(F)(F)F)c2)S1)C1CCNC[C@H]1F. The number of alkyl halides is 4. The first-order chi connectivity index (χ1) is 17.6. The van der Waals surface area contributed by atoms with Crippen LogP contribution in [0, 0.1) is 0 Å². The summed E-state index contributed by atoms with van der Waals surface area (Å²) in [7, 11) is 1.75. The number of amidine groups is 1. The predicted molar refractivity (Wildman–Crippen MR) is 137 cm³/mol. The number of aliphatic imine (C=N–C) groups is 1. The lowest BCUT2D eigenvalue weighted by Gasteiger charge is -2.34. The third-order valence-electron chi connectivity index (χ3n) is 6.44. The summed E-state index contributed by atoms with van der Waals surface area (Å²) in [6, 6.07) is 8.65. The molecule has 3 heterocycles. The van der Waals surface area contributed by atoms with E-state index in [4.69, 9.17) is 11.6 Å². The Bertz CT molecular complexity index is 1420. The van der Waals surface area contributed by atoms with E-state index < -0.39 is 23.8 Å². The Hall–Kier alpha value is -2.89. The van der Waals surface area contributed by atoms with Gasteiger partial charge in [0.2, 0.25) is 0 Å². The summed E-state index contributed by atoms with van der Waals surface area (Å²) in [6.07, 6.45) is -1.71. The van der Waals surface area contributed by atoms with Crippen LogP contribution in [-0.2, 0) is 17.5 Å². The molecule has 2 aliphatic heterocycles. The van der Waals surface area contributed by atoms with E-state index in [1.165, 1.54) is 28.6 Å². The number of piperidine rings is 1. The maximum Gasteiger partial charge on any atom is 0.416 e. The molecule has 194 valence electrons. The zero-order chi connectivity index (χ0) is 26.3. The Morgan fingerprint density at radius 2 is 2.08 bits per heavy atom. The van der Waals surface area contributed by atoms with Gasteiger partial charge in [-0.3, -0.25) is 9.48 Å². The van der Waals surface area contributed by atoms with Gasteiger partial charge in [0.25, 0.3) is 5.91 Å². The van der Waals surface area contributed by atoms with Gasteiger partial charge in [-0.1, -0.05) is 23.7 Å². The van der Waals surface area contributed by atoms with Crippen LogP contribution in [0.4, 0.5) is 17.6 Å². The number of rotatable bonds is 4. The highest BCUT2D eigenvalue weighted by Gasteiger charge is 2.35. The molecule has 2 aliphatic rings. The van der Waals surface area contributed by atoms with Gasteiger partial charge >= 0.3 is 6.18 Å². The summed E-state index contributed by atoms with van der Waals surface area (Å²) in [4.78, 5) is 18.8. The zero-order valence-electron chi connectivity index (χ0n) is 19.6. The Morgan fingerprint density at radius 3 is 2.84 bits per heavy atom. The summed E-state index contributed by atoms with van der Waals surface area (Å²) in [5, 5.41) is 8.47. The van der Waals surface area contributed by atoms with Gasteiger partial charge < -0.3 is 10.2 Å². The average Bonchev–Trinajstić information content (AvgIpc) is 3.42. The van der Waals surface area contributed by atoms with Crippen LogP contribution < -0.4 is 5.32 Å². The van der Waals surface area contributed by atoms with Crippen LogP contribution in [0.2, 0.25) is 5.02 Å². The number of halogens is 5. The van der Waals surface area contributed by atoms with Crippen molar-refractivity contribution in [3.8, 4) is 0 Å². The van der Waals surface area contributed by atoms with Gasteiger partial charge in [0.1, 0.15) is 6.17 Å². The Balaban J connectivity index is 1.35. The molecular weight excluding hydrogens is 530 g/mol. The third kappa shape index (κ3) is 5.39. The van der Waals surface area contributed by atoms with Gasteiger partial charge in [0.15, 0.2) is 5.17 Å². The van der Waals surface area contributed by atoms with Crippen LogP contribution in [0.15, 0.2) is 52.5 Å². The normalized spacial score (nSPS) is 21.6. The quantitative estimate of drug-likeness (QED) is 0.349. The van der Waals surface area contributed by atoms with Crippen LogP contribution in [0.5, 0.6) is 0 Å². The summed E-state index contributed by atoms with van der Waals surface area (Å²) in [5.74, 6) is -0.394. The molecule has 1 aromatic heterocycles. The van der Waals surface area contributed by atoms with Gasteiger partial charge in [-0.15, -0.1) is 0 Å². The molecule has 1 amide bonds. The number of hydrogen-bond donors (Lipinski definition) is 1. The van der Waals surface area contributed by atoms with E-state index in [2.05, 4.69) is 15.4 Å². The monoisotopic (exact) mass is 551 g/mol. The minimum absolute atomic E-state index is 0.0111. The number of nitrogens with zero attached hydrogens (tertiary/aromatic N) is 4. The van der Waals surface area contributed by atoms with Gasteiger partial charge in [0, 0.05) is 24.0 Å². The van der Waals surface area contributed by atoms with Crippen molar-refractivity contribution in [1.29, 1.82) is 0 Å². The molecule has 2 atom stereocenters. The zero-order valence-corrected chi connectivity index (χ0v) is 21.2. The molecule has 0 radical (unpaired) electrons. The summed E-state index contributed by atoms with van der Waals surface area (Å²) in [6.45, 7) is 0.889. The number of carbonyl (C=O) groups is 1. The number of hydrogen-bond acceptors (Lipinski definition) is 5. The number of nitrogens with one attached hydrogen (secondary N) is 1. The highest BCUT2D eigenvalue weighted by atomic mass is 35.5. The third-order valence-corrected chi connectivity index (χ3v) is 7.75. The second-order valence-electron chi connectivity index (χ2n) is 8.92. The Morgan fingerprint density at radius 1 is 1.27 bits per heavy atom.